The van der Waals surface area contributed by atoms with Gasteiger partial charge in [0.2, 0.25) is 5.82 Å². The maximum atomic E-state index is 14.5. The quantitative estimate of drug-likeness (QED) is 0.427. The molecular weight excluding hydrogens is 388 g/mol. The van der Waals surface area contributed by atoms with Gasteiger partial charge in [-0.25, -0.2) is 13.5 Å². The molecule has 5 aromatic rings. The third-order valence-corrected chi connectivity index (χ3v) is 4.54. The fraction of sp³-hybridized carbons (Fsp3) is 0. The molecule has 2 heterocycles. The largest absolute Gasteiger partial charge is 0.332 e. The predicted octanol–water partition coefficient (Wildman–Crippen LogP) is 4.93. The summed E-state index contributed by atoms with van der Waals surface area (Å²) < 4.78 is 35.3. The zero-order chi connectivity index (χ0) is 20.5. The van der Waals surface area contributed by atoms with Crippen LogP contribution in [-0.2, 0) is 0 Å². The van der Waals surface area contributed by atoms with Crippen LogP contribution in [0.25, 0.3) is 39.9 Å². The topological polar surface area (TPSA) is 69.6 Å². The monoisotopic (exact) mass is 401 g/mol. The first-order valence-corrected chi connectivity index (χ1v) is 9.07. The third kappa shape index (κ3) is 3.04. The summed E-state index contributed by atoms with van der Waals surface area (Å²) >= 11 is 0. The van der Waals surface area contributed by atoms with Crippen LogP contribution in [0.2, 0.25) is 0 Å². The van der Waals surface area contributed by atoms with E-state index in [0.29, 0.717) is 5.69 Å². The van der Waals surface area contributed by atoms with E-state index in [0.717, 1.165) is 5.56 Å². The second kappa shape index (κ2) is 7.32. The van der Waals surface area contributed by atoms with Crippen LogP contribution in [0.1, 0.15) is 0 Å². The molecule has 3 aromatic carbocycles. The van der Waals surface area contributed by atoms with Gasteiger partial charge in [-0.15, -0.1) is 5.10 Å². The Morgan fingerprint density at radius 2 is 1.47 bits per heavy atom. The fourth-order valence-corrected chi connectivity index (χ4v) is 3.14. The molecule has 0 radical (unpaired) electrons. The third-order valence-electron chi connectivity index (χ3n) is 4.54. The van der Waals surface area contributed by atoms with E-state index in [2.05, 4.69) is 20.5 Å². The van der Waals surface area contributed by atoms with Gasteiger partial charge in [0.15, 0.2) is 5.69 Å². The molecule has 8 heteroatoms. The molecule has 0 aliphatic rings. The van der Waals surface area contributed by atoms with Crippen molar-refractivity contribution in [1.29, 1.82) is 0 Å². The van der Waals surface area contributed by atoms with E-state index in [1.165, 1.54) is 16.8 Å². The highest BCUT2D eigenvalue weighted by molar-refractivity contribution is 5.76. The van der Waals surface area contributed by atoms with Crippen LogP contribution in [0.3, 0.4) is 0 Å². The van der Waals surface area contributed by atoms with Crippen LogP contribution in [0.4, 0.5) is 8.78 Å². The molecule has 0 saturated heterocycles. The van der Waals surface area contributed by atoms with Gasteiger partial charge in [0.1, 0.15) is 23.0 Å². The van der Waals surface area contributed by atoms with E-state index in [4.69, 9.17) is 4.52 Å². The molecule has 0 spiro atoms. The zero-order valence-electron chi connectivity index (χ0n) is 15.4. The number of nitrogens with zero attached hydrogens (tertiary/aromatic N) is 5. The van der Waals surface area contributed by atoms with E-state index in [-0.39, 0.29) is 28.7 Å². The van der Waals surface area contributed by atoms with Crippen LogP contribution in [0.15, 0.2) is 83.4 Å². The second-order valence-electron chi connectivity index (χ2n) is 6.42. The van der Waals surface area contributed by atoms with Crippen molar-refractivity contribution in [3.63, 3.8) is 0 Å². The summed E-state index contributed by atoms with van der Waals surface area (Å²) in [5.41, 5.74) is 1.90. The lowest BCUT2D eigenvalue weighted by Crippen LogP contribution is -2.02. The van der Waals surface area contributed by atoms with Crippen LogP contribution in [0, 0.1) is 11.6 Å². The normalized spacial score (nSPS) is 11.0. The highest BCUT2D eigenvalue weighted by Crippen LogP contribution is 2.33. The maximum Gasteiger partial charge on any atom is 0.281 e. The van der Waals surface area contributed by atoms with Gasteiger partial charge in [-0.05, 0) is 24.3 Å². The Morgan fingerprint density at radius 1 is 0.767 bits per heavy atom. The lowest BCUT2D eigenvalue weighted by atomic mass is 10.1. The van der Waals surface area contributed by atoms with E-state index in [1.54, 1.807) is 36.4 Å². The molecule has 0 saturated carbocycles. The molecule has 0 fully saturated rings. The van der Waals surface area contributed by atoms with Crippen molar-refractivity contribution in [2.24, 2.45) is 0 Å². The molecule has 0 atom stereocenters. The van der Waals surface area contributed by atoms with E-state index in [9.17, 15) is 8.78 Å². The van der Waals surface area contributed by atoms with Crippen LogP contribution < -0.4 is 0 Å². The molecule has 2 aromatic heterocycles. The van der Waals surface area contributed by atoms with E-state index in [1.807, 2.05) is 30.3 Å². The van der Waals surface area contributed by atoms with Gasteiger partial charge in [-0.2, -0.15) is 4.98 Å². The number of benzene rings is 3. The number of halogens is 2. The van der Waals surface area contributed by atoms with E-state index >= 15 is 0 Å². The number of hydrogen-bond acceptors (Lipinski definition) is 5. The van der Waals surface area contributed by atoms with Crippen molar-refractivity contribution >= 4 is 0 Å². The summed E-state index contributed by atoms with van der Waals surface area (Å²) in [6, 6.07) is 21.6. The Bertz CT molecular complexity index is 1330. The van der Waals surface area contributed by atoms with E-state index < -0.39 is 11.6 Å². The van der Waals surface area contributed by atoms with Gasteiger partial charge in [-0.1, -0.05) is 65.0 Å². The van der Waals surface area contributed by atoms with Crippen LogP contribution >= 0.6 is 0 Å². The average molecular weight is 401 g/mol. The number of rotatable bonds is 4. The lowest BCUT2D eigenvalue weighted by Gasteiger charge is -2.08. The molecule has 0 unspecified atom stereocenters. The van der Waals surface area contributed by atoms with Gasteiger partial charge in [0, 0.05) is 5.56 Å². The lowest BCUT2D eigenvalue weighted by molar-refractivity contribution is 0.430. The maximum absolute atomic E-state index is 14.5. The standard InChI is InChI=1S/C22H13F2N5O/c23-16-11-5-4-10-15(16)21-25-22(30-27-21)19-20(14-8-2-1-3-9-14)29(28-26-19)18-13-7-6-12-17(18)24/h1-13H. The van der Waals surface area contributed by atoms with Crippen molar-refractivity contribution in [2.75, 3.05) is 0 Å². The van der Waals surface area contributed by atoms with Gasteiger partial charge >= 0.3 is 0 Å². The van der Waals surface area contributed by atoms with Gasteiger partial charge in [-0.3, -0.25) is 0 Å². The molecule has 30 heavy (non-hydrogen) atoms. The molecule has 0 N–H and O–H groups in total. The van der Waals surface area contributed by atoms with Crippen LogP contribution in [0.5, 0.6) is 0 Å². The van der Waals surface area contributed by atoms with Gasteiger partial charge < -0.3 is 4.52 Å². The number of para-hydroxylation sites is 1. The van der Waals surface area contributed by atoms with Crippen molar-refractivity contribution in [1.82, 2.24) is 25.1 Å². The first-order chi connectivity index (χ1) is 14.7. The molecule has 0 aliphatic carbocycles. The molecule has 146 valence electrons. The minimum atomic E-state index is -0.469. The second-order valence-corrected chi connectivity index (χ2v) is 6.42. The summed E-state index contributed by atoms with van der Waals surface area (Å²) in [6.45, 7) is 0. The summed E-state index contributed by atoms with van der Waals surface area (Å²) in [4.78, 5) is 4.30. The molecule has 0 bridgehead atoms. The van der Waals surface area contributed by atoms with Crippen molar-refractivity contribution in [3.8, 4) is 39.9 Å². The Balaban J connectivity index is 1.69. The number of aromatic nitrogens is 5. The minimum Gasteiger partial charge on any atom is -0.332 e. The molecule has 6 nitrogen and oxygen atoms in total. The van der Waals surface area contributed by atoms with Crippen molar-refractivity contribution in [3.05, 3.63) is 90.5 Å². The molecule has 5 rings (SSSR count). The number of hydrogen-bond donors (Lipinski definition) is 0. The summed E-state index contributed by atoms with van der Waals surface area (Å²) in [6.07, 6.45) is 0. The highest BCUT2D eigenvalue weighted by Gasteiger charge is 2.24. The average Bonchev–Trinajstić information content (AvgIpc) is 3.42. The van der Waals surface area contributed by atoms with Gasteiger partial charge in [0.05, 0.1) is 5.56 Å². The van der Waals surface area contributed by atoms with Crippen molar-refractivity contribution < 1.29 is 13.3 Å². The first kappa shape index (κ1) is 17.9. The zero-order valence-corrected chi connectivity index (χ0v) is 15.4. The summed E-state index contributed by atoms with van der Waals surface area (Å²) in [7, 11) is 0. The molecule has 0 aliphatic heterocycles. The molecular formula is C22H13F2N5O. The Kier molecular flexibility index (Phi) is 4.36. The fourth-order valence-electron chi connectivity index (χ4n) is 3.14. The van der Waals surface area contributed by atoms with Crippen LogP contribution in [-0.4, -0.2) is 25.1 Å². The van der Waals surface area contributed by atoms with Crippen molar-refractivity contribution in [2.45, 2.75) is 0 Å². The van der Waals surface area contributed by atoms with Gasteiger partial charge in [0.25, 0.3) is 5.89 Å². The Labute approximate surface area is 169 Å². The SMILES string of the molecule is Fc1ccccc1-c1noc(-c2nnn(-c3ccccc3F)c2-c2ccccc2)n1. The highest BCUT2D eigenvalue weighted by atomic mass is 19.1. The smallest absolute Gasteiger partial charge is 0.281 e. The first-order valence-electron chi connectivity index (χ1n) is 9.07. The summed E-state index contributed by atoms with van der Waals surface area (Å²) in [5, 5.41) is 12.2. The minimum absolute atomic E-state index is 0.0506. The Hall–Kier alpha value is -4.20. The predicted molar refractivity (Wildman–Crippen MR) is 105 cm³/mol. The summed E-state index contributed by atoms with van der Waals surface area (Å²) in [5.74, 6) is -0.788. The Morgan fingerprint density at radius 3 is 2.23 bits per heavy atom. The molecule has 0 amide bonds.